The smallest absolute Gasteiger partial charge is 0.375 e. The zero-order valence-corrected chi connectivity index (χ0v) is 11.3. The van der Waals surface area contributed by atoms with Gasteiger partial charge in [0.1, 0.15) is 5.75 Å². The van der Waals surface area contributed by atoms with Crippen LogP contribution in [0.3, 0.4) is 0 Å². The highest BCUT2D eigenvalue weighted by Crippen LogP contribution is 2.13. The first-order valence-electron chi connectivity index (χ1n) is 6.11. The Hall–Kier alpha value is -2.70. The summed E-state index contributed by atoms with van der Waals surface area (Å²) in [6.07, 6.45) is -0.575. The molecular weight excluding hydrogens is 280 g/mol. The third-order valence-corrected chi connectivity index (χ3v) is 2.36. The van der Waals surface area contributed by atoms with Gasteiger partial charge in [0.25, 0.3) is 0 Å². The van der Waals surface area contributed by atoms with Crippen molar-refractivity contribution in [1.82, 2.24) is 0 Å². The van der Waals surface area contributed by atoms with Gasteiger partial charge in [0, 0.05) is 5.56 Å². The zero-order chi connectivity index (χ0) is 15.8. The van der Waals surface area contributed by atoms with Crippen LogP contribution in [0.1, 0.15) is 23.7 Å². The second-order valence-electron chi connectivity index (χ2n) is 3.95. The Labute approximate surface area is 120 Å². The first kappa shape index (κ1) is 16.4. The lowest BCUT2D eigenvalue weighted by Gasteiger charge is -2.04. The van der Waals surface area contributed by atoms with E-state index in [2.05, 4.69) is 4.74 Å². The van der Waals surface area contributed by atoms with Crippen molar-refractivity contribution in [3.63, 3.8) is 0 Å². The SMILES string of the molecule is CCOC(=O)C(=O)CC(=O)c1ccc(OCC(=O)O)cc1. The van der Waals surface area contributed by atoms with Gasteiger partial charge in [-0.15, -0.1) is 0 Å². The molecule has 0 aliphatic carbocycles. The van der Waals surface area contributed by atoms with Crippen LogP contribution in [-0.4, -0.2) is 41.8 Å². The minimum Gasteiger partial charge on any atom is -0.482 e. The number of esters is 1. The molecule has 0 heterocycles. The van der Waals surface area contributed by atoms with E-state index >= 15 is 0 Å². The molecule has 0 fully saturated rings. The second-order valence-corrected chi connectivity index (χ2v) is 3.95. The van der Waals surface area contributed by atoms with Crippen molar-refractivity contribution in [2.24, 2.45) is 0 Å². The van der Waals surface area contributed by atoms with Crippen LogP contribution < -0.4 is 4.74 Å². The summed E-state index contributed by atoms with van der Waals surface area (Å²) in [5.41, 5.74) is 0.218. The van der Waals surface area contributed by atoms with E-state index in [0.717, 1.165) is 0 Å². The number of benzene rings is 1. The van der Waals surface area contributed by atoms with Crippen molar-refractivity contribution in [3.05, 3.63) is 29.8 Å². The van der Waals surface area contributed by atoms with Crippen LogP contribution in [0.4, 0.5) is 0 Å². The maximum absolute atomic E-state index is 11.8. The quantitative estimate of drug-likeness (QED) is 0.328. The van der Waals surface area contributed by atoms with E-state index < -0.39 is 36.5 Å². The van der Waals surface area contributed by atoms with E-state index in [1.807, 2.05) is 0 Å². The number of carbonyl (C=O) groups is 4. The van der Waals surface area contributed by atoms with Crippen molar-refractivity contribution in [2.75, 3.05) is 13.2 Å². The Bertz CT molecular complexity index is 545. The maximum atomic E-state index is 11.8. The molecule has 1 aromatic carbocycles. The van der Waals surface area contributed by atoms with Crippen LogP contribution in [0.25, 0.3) is 0 Å². The van der Waals surface area contributed by atoms with Crippen molar-refractivity contribution >= 4 is 23.5 Å². The average Bonchev–Trinajstić information content (AvgIpc) is 2.45. The highest BCUT2D eigenvalue weighted by molar-refractivity contribution is 6.38. The summed E-state index contributed by atoms with van der Waals surface area (Å²) in [5.74, 6) is -3.31. The fourth-order valence-corrected chi connectivity index (χ4v) is 1.41. The van der Waals surface area contributed by atoms with Crippen LogP contribution in [0.15, 0.2) is 24.3 Å². The van der Waals surface area contributed by atoms with Crippen molar-refractivity contribution in [2.45, 2.75) is 13.3 Å². The molecule has 112 valence electrons. The summed E-state index contributed by atoms with van der Waals surface area (Å²) in [5, 5.41) is 8.45. The molecule has 0 atom stereocenters. The minimum atomic E-state index is -1.12. The fourth-order valence-electron chi connectivity index (χ4n) is 1.41. The second kappa shape index (κ2) is 7.78. The third kappa shape index (κ3) is 5.43. The molecule has 0 saturated carbocycles. The number of rotatable bonds is 8. The van der Waals surface area contributed by atoms with Gasteiger partial charge in [-0.3, -0.25) is 9.59 Å². The molecule has 1 rings (SSSR count). The lowest BCUT2D eigenvalue weighted by Crippen LogP contribution is -2.20. The number of carboxylic acid groups (broad SMARTS) is 1. The zero-order valence-electron chi connectivity index (χ0n) is 11.3. The summed E-state index contributed by atoms with van der Waals surface area (Å²) >= 11 is 0. The van der Waals surface area contributed by atoms with Gasteiger partial charge in [0.15, 0.2) is 12.4 Å². The van der Waals surface area contributed by atoms with Gasteiger partial charge < -0.3 is 14.6 Å². The van der Waals surface area contributed by atoms with Crippen LogP contribution in [0.5, 0.6) is 5.75 Å². The van der Waals surface area contributed by atoms with Gasteiger partial charge in [-0.05, 0) is 31.2 Å². The summed E-state index contributed by atoms with van der Waals surface area (Å²) in [4.78, 5) is 44.6. The molecule has 0 aromatic heterocycles. The third-order valence-electron chi connectivity index (χ3n) is 2.36. The Morgan fingerprint density at radius 1 is 1.10 bits per heavy atom. The van der Waals surface area contributed by atoms with Gasteiger partial charge >= 0.3 is 11.9 Å². The Morgan fingerprint density at radius 2 is 1.71 bits per heavy atom. The normalized spacial score (nSPS) is 9.76. The van der Waals surface area contributed by atoms with Crippen LogP contribution >= 0.6 is 0 Å². The lowest BCUT2D eigenvalue weighted by molar-refractivity contribution is -0.153. The molecule has 0 saturated heterocycles. The van der Waals surface area contributed by atoms with Gasteiger partial charge in [-0.2, -0.15) is 0 Å². The van der Waals surface area contributed by atoms with Gasteiger partial charge in [-0.1, -0.05) is 0 Å². The number of carboxylic acids is 1. The predicted octanol–water partition coefficient (Wildman–Crippen LogP) is 0.855. The lowest BCUT2D eigenvalue weighted by atomic mass is 10.1. The summed E-state index contributed by atoms with van der Waals surface area (Å²) in [7, 11) is 0. The number of ether oxygens (including phenoxy) is 2. The number of carbonyl (C=O) groups excluding carboxylic acids is 3. The molecule has 0 spiro atoms. The number of hydrogen-bond donors (Lipinski definition) is 1. The minimum absolute atomic E-state index is 0.0639. The molecule has 0 bridgehead atoms. The van der Waals surface area contributed by atoms with Crippen LogP contribution in [0.2, 0.25) is 0 Å². The first-order valence-corrected chi connectivity index (χ1v) is 6.11. The molecule has 0 aliphatic heterocycles. The van der Waals surface area contributed by atoms with E-state index in [-0.39, 0.29) is 17.9 Å². The molecule has 0 radical (unpaired) electrons. The van der Waals surface area contributed by atoms with E-state index in [0.29, 0.717) is 0 Å². The summed E-state index contributed by atoms with van der Waals surface area (Å²) < 4.78 is 9.40. The topological polar surface area (TPSA) is 107 Å². The Balaban J connectivity index is 2.61. The largest absolute Gasteiger partial charge is 0.482 e. The number of aliphatic carboxylic acids is 1. The van der Waals surface area contributed by atoms with E-state index in [9.17, 15) is 19.2 Å². The predicted molar refractivity (Wildman–Crippen MR) is 70.2 cm³/mol. The van der Waals surface area contributed by atoms with E-state index in [1.54, 1.807) is 6.92 Å². The summed E-state index contributed by atoms with van der Waals surface area (Å²) in [6.45, 7) is 1.13. The summed E-state index contributed by atoms with van der Waals surface area (Å²) in [6, 6.07) is 5.59. The van der Waals surface area contributed by atoms with Crippen LogP contribution in [-0.2, 0) is 19.1 Å². The van der Waals surface area contributed by atoms with Crippen molar-refractivity contribution in [3.8, 4) is 5.75 Å². The van der Waals surface area contributed by atoms with Crippen LogP contribution in [0, 0.1) is 0 Å². The molecule has 1 aromatic rings. The molecule has 0 unspecified atom stereocenters. The highest BCUT2D eigenvalue weighted by atomic mass is 16.5. The molecular formula is C14H14O7. The highest BCUT2D eigenvalue weighted by Gasteiger charge is 2.19. The number of Topliss-reactive ketones (excluding diaryl/α,β-unsaturated/α-hetero) is 2. The molecule has 0 aliphatic rings. The van der Waals surface area contributed by atoms with Gasteiger partial charge in [0.05, 0.1) is 13.0 Å². The Kier molecular flexibility index (Phi) is 6.06. The van der Waals surface area contributed by atoms with Gasteiger partial charge in [0.2, 0.25) is 5.78 Å². The molecule has 7 heteroatoms. The molecule has 1 N–H and O–H groups in total. The van der Waals surface area contributed by atoms with Crippen molar-refractivity contribution < 1.29 is 33.8 Å². The maximum Gasteiger partial charge on any atom is 0.375 e. The molecule has 7 nitrogen and oxygen atoms in total. The number of ketones is 2. The average molecular weight is 294 g/mol. The van der Waals surface area contributed by atoms with E-state index in [4.69, 9.17) is 9.84 Å². The first-order chi connectivity index (χ1) is 9.93. The molecule has 21 heavy (non-hydrogen) atoms. The standard InChI is InChI=1S/C14H14O7/c1-2-20-14(19)12(16)7-11(15)9-3-5-10(6-4-9)21-8-13(17)18/h3-6H,2,7-8H2,1H3,(H,17,18). The fraction of sp³-hybridized carbons (Fsp3) is 0.286. The number of hydrogen-bond acceptors (Lipinski definition) is 6. The Morgan fingerprint density at radius 3 is 2.24 bits per heavy atom. The monoisotopic (exact) mass is 294 g/mol. The van der Waals surface area contributed by atoms with E-state index in [1.165, 1.54) is 24.3 Å². The van der Waals surface area contributed by atoms with Gasteiger partial charge in [-0.25, -0.2) is 9.59 Å². The molecule has 0 amide bonds. The van der Waals surface area contributed by atoms with Crippen molar-refractivity contribution in [1.29, 1.82) is 0 Å².